The SMILES string of the molecule is CCOC(=O)NC(=O)c1c(NC(=O)C2CCCN2S(=O)(=O)c2ccc(OC)cc2)sc2c1CCC(C)C2. The van der Waals surface area contributed by atoms with Crippen LogP contribution in [-0.2, 0) is 32.4 Å². The summed E-state index contributed by atoms with van der Waals surface area (Å²) in [6, 6.07) is 5.10. The monoisotopic (exact) mass is 549 g/mol. The molecule has 2 aliphatic rings. The van der Waals surface area contributed by atoms with Gasteiger partial charge in [0.05, 0.1) is 24.2 Å². The van der Waals surface area contributed by atoms with Gasteiger partial charge in [-0.3, -0.25) is 14.9 Å². The minimum Gasteiger partial charge on any atom is -0.497 e. The second kappa shape index (κ2) is 11.2. The molecule has 1 aromatic carbocycles. The zero-order valence-corrected chi connectivity index (χ0v) is 22.7. The van der Waals surface area contributed by atoms with Crippen LogP contribution in [0.1, 0.15) is 53.9 Å². The summed E-state index contributed by atoms with van der Waals surface area (Å²) < 4.78 is 37.9. The zero-order valence-electron chi connectivity index (χ0n) is 21.0. The molecule has 2 heterocycles. The highest BCUT2D eigenvalue weighted by Crippen LogP contribution is 2.40. The maximum absolute atomic E-state index is 13.4. The van der Waals surface area contributed by atoms with Crippen molar-refractivity contribution in [1.82, 2.24) is 9.62 Å². The van der Waals surface area contributed by atoms with Crippen molar-refractivity contribution in [2.45, 2.75) is 56.9 Å². The third kappa shape index (κ3) is 5.65. The summed E-state index contributed by atoms with van der Waals surface area (Å²) in [5.41, 5.74) is 1.06. The van der Waals surface area contributed by atoms with E-state index >= 15 is 0 Å². The summed E-state index contributed by atoms with van der Waals surface area (Å²) in [4.78, 5) is 39.5. The van der Waals surface area contributed by atoms with Gasteiger partial charge in [-0.15, -0.1) is 11.3 Å². The molecule has 1 aromatic heterocycles. The van der Waals surface area contributed by atoms with Crippen LogP contribution in [0.3, 0.4) is 0 Å². The second-order valence-electron chi connectivity index (χ2n) is 9.17. The number of alkyl carbamates (subject to hydrolysis) is 1. The average molecular weight is 550 g/mol. The van der Waals surface area contributed by atoms with Gasteiger partial charge in [0.1, 0.15) is 16.8 Å². The van der Waals surface area contributed by atoms with E-state index in [0.29, 0.717) is 35.9 Å². The number of ether oxygens (including phenoxy) is 2. The van der Waals surface area contributed by atoms with E-state index in [-0.39, 0.29) is 23.6 Å². The van der Waals surface area contributed by atoms with E-state index in [2.05, 4.69) is 17.6 Å². The van der Waals surface area contributed by atoms with Crippen molar-refractivity contribution in [3.05, 3.63) is 40.3 Å². The van der Waals surface area contributed by atoms with Crippen molar-refractivity contribution in [2.24, 2.45) is 5.92 Å². The summed E-state index contributed by atoms with van der Waals surface area (Å²) in [6.07, 6.45) is 2.32. The van der Waals surface area contributed by atoms with Gasteiger partial charge in [0.15, 0.2) is 0 Å². The van der Waals surface area contributed by atoms with Crippen molar-refractivity contribution in [1.29, 1.82) is 0 Å². The van der Waals surface area contributed by atoms with Crippen molar-refractivity contribution >= 4 is 44.3 Å². The predicted octanol–water partition coefficient (Wildman–Crippen LogP) is 3.56. The molecule has 0 spiro atoms. The van der Waals surface area contributed by atoms with Crippen LogP contribution in [0.15, 0.2) is 29.2 Å². The smallest absolute Gasteiger partial charge is 0.414 e. The minimum absolute atomic E-state index is 0.0723. The summed E-state index contributed by atoms with van der Waals surface area (Å²) in [5, 5.41) is 5.37. The number of thiophene rings is 1. The number of nitrogens with one attached hydrogen (secondary N) is 2. The van der Waals surface area contributed by atoms with Gasteiger partial charge in [0, 0.05) is 11.4 Å². The lowest BCUT2D eigenvalue weighted by molar-refractivity contribution is -0.119. The molecular formula is C25H31N3O7S2. The van der Waals surface area contributed by atoms with Crippen LogP contribution >= 0.6 is 11.3 Å². The molecule has 1 saturated heterocycles. The molecule has 12 heteroatoms. The Morgan fingerprint density at radius 1 is 1.16 bits per heavy atom. The van der Waals surface area contributed by atoms with Crippen molar-refractivity contribution in [2.75, 3.05) is 25.6 Å². The summed E-state index contributed by atoms with van der Waals surface area (Å²) in [5.74, 6) is -0.198. The van der Waals surface area contributed by atoms with E-state index in [9.17, 15) is 22.8 Å². The van der Waals surface area contributed by atoms with E-state index < -0.39 is 34.0 Å². The summed E-state index contributed by atoms with van der Waals surface area (Å²) in [7, 11) is -2.43. The number of rotatable bonds is 7. The van der Waals surface area contributed by atoms with Gasteiger partial charge in [0.2, 0.25) is 15.9 Å². The van der Waals surface area contributed by atoms with Crippen LogP contribution in [0.4, 0.5) is 9.80 Å². The Kier molecular flexibility index (Phi) is 8.20. The molecule has 4 rings (SSSR count). The number of amides is 3. The molecular weight excluding hydrogens is 518 g/mol. The topological polar surface area (TPSA) is 131 Å². The lowest BCUT2D eigenvalue weighted by atomic mass is 9.88. The number of anilines is 1. The molecule has 1 fully saturated rings. The molecule has 2 N–H and O–H groups in total. The van der Waals surface area contributed by atoms with Gasteiger partial charge in [-0.25, -0.2) is 13.2 Å². The molecule has 0 bridgehead atoms. The van der Waals surface area contributed by atoms with E-state index in [4.69, 9.17) is 9.47 Å². The quantitative estimate of drug-likeness (QED) is 0.540. The molecule has 2 unspecified atom stereocenters. The lowest BCUT2D eigenvalue weighted by Gasteiger charge is -2.23. The predicted molar refractivity (Wildman–Crippen MR) is 139 cm³/mol. The molecule has 2 atom stereocenters. The first-order valence-electron chi connectivity index (χ1n) is 12.2. The number of methoxy groups -OCH3 is 1. The van der Waals surface area contributed by atoms with Gasteiger partial charge in [-0.2, -0.15) is 4.31 Å². The Labute approximate surface area is 220 Å². The van der Waals surface area contributed by atoms with E-state index in [1.807, 2.05) is 0 Å². The molecule has 2 aromatic rings. The fourth-order valence-electron chi connectivity index (χ4n) is 4.77. The number of fused-ring (bicyclic) bond motifs is 1. The maximum Gasteiger partial charge on any atom is 0.414 e. The van der Waals surface area contributed by atoms with Gasteiger partial charge in [-0.1, -0.05) is 6.92 Å². The number of imide groups is 1. The first-order chi connectivity index (χ1) is 17.6. The Morgan fingerprint density at radius 2 is 1.89 bits per heavy atom. The Hall–Kier alpha value is -2.96. The van der Waals surface area contributed by atoms with Gasteiger partial charge >= 0.3 is 6.09 Å². The Morgan fingerprint density at radius 3 is 2.57 bits per heavy atom. The summed E-state index contributed by atoms with van der Waals surface area (Å²) >= 11 is 1.30. The van der Waals surface area contributed by atoms with Gasteiger partial charge in [-0.05, 0) is 74.8 Å². The molecule has 37 heavy (non-hydrogen) atoms. The van der Waals surface area contributed by atoms with Crippen LogP contribution in [0.5, 0.6) is 5.75 Å². The number of carbonyl (C=O) groups is 3. The highest BCUT2D eigenvalue weighted by molar-refractivity contribution is 7.89. The zero-order chi connectivity index (χ0) is 26.7. The van der Waals surface area contributed by atoms with Gasteiger partial charge < -0.3 is 14.8 Å². The third-order valence-electron chi connectivity index (χ3n) is 6.64. The number of sulfonamides is 1. The van der Waals surface area contributed by atoms with Crippen LogP contribution < -0.4 is 15.4 Å². The Balaban J connectivity index is 1.60. The fourth-order valence-corrected chi connectivity index (χ4v) is 7.84. The highest BCUT2D eigenvalue weighted by atomic mass is 32.2. The first kappa shape index (κ1) is 27.1. The second-order valence-corrected chi connectivity index (χ2v) is 12.2. The molecule has 0 saturated carbocycles. The van der Waals surface area contributed by atoms with Crippen LogP contribution in [0.25, 0.3) is 0 Å². The highest BCUT2D eigenvalue weighted by Gasteiger charge is 2.40. The summed E-state index contributed by atoms with van der Waals surface area (Å²) in [6.45, 7) is 4.08. The normalized spacial score (nSPS) is 19.6. The Bertz CT molecular complexity index is 1290. The first-order valence-corrected chi connectivity index (χ1v) is 14.5. The molecule has 0 radical (unpaired) electrons. The molecule has 10 nitrogen and oxygen atoms in total. The van der Waals surface area contributed by atoms with Crippen molar-refractivity contribution in [3.8, 4) is 5.75 Å². The van der Waals surface area contributed by atoms with E-state index in [0.717, 1.165) is 23.3 Å². The third-order valence-corrected chi connectivity index (χ3v) is 9.73. The molecule has 200 valence electrons. The maximum atomic E-state index is 13.4. The van der Waals surface area contributed by atoms with E-state index in [1.54, 1.807) is 19.1 Å². The van der Waals surface area contributed by atoms with Gasteiger partial charge in [0.25, 0.3) is 5.91 Å². The number of nitrogens with zero attached hydrogens (tertiary/aromatic N) is 1. The lowest BCUT2D eigenvalue weighted by Crippen LogP contribution is -2.43. The van der Waals surface area contributed by atoms with E-state index in [1.165, 1.54) is 34.9 Å². The fraction of sp³-hybridized carbons (Fsp3) is 0.480. The molecule has 1 aliphatic carbocycles. The number of benzene rings is 1. The molecule has 3 amide bonds. The number of hydrogen-bond donors (Lipinski definition) is 2. The minimum atomic E-state index is -3.93. The standard InChI is InChI=1S/C25H31N3O7S2/c1-4-35-25(31)27-23(30)21-18-12-7-15(2)14-20(18)36-24(21)26-22(29)19-6-5-13-28(19)37(32,33)17-10-8-16(34-3)9-11-17/h8-11,15,19H,4-7,12-14H2,1-3H3,(H,26,29)(H,27,30,31). The largest absolute Gasteiger partial charge is 0.497 e. The average Bonchev–Trinajstić information content (AvgIpc) is 3.49. The van der Waals surface area contributed by atoms with Crippen LogP contribution in [0.2, 0.25) is 0 Å². The van der Waals surface area contributed by atoms with Crippen molar-refractivity contribution in [3.63, 3.8) is 0 Å². The van der Waals surface area contributed by atoms with Crippen molar-refractivity contribution < 1.29 is 32.3 Å². The number of hydrogen-bond acceptors (Lipinski definition) is 8. The number of carbonyl (C=O) groups excluding carboxylic acids is 3. The van der Waals surface area contributed by atoms with Crippen LogP contribution in [-0.4, -0.2) is 56.9 Å². The molecule has 1 aliphatic heterocycles. The van der Waals surface area contributed by atoms with Crippen LogP contribution in [0, 0.1) is 5.92 Å².